The lowest BCUT2D eigenvalue weighted by molar-refractivity contribution is 0.300. The Labute approximate surface area is 160 Å². The lowest BCUT2D eigenvalue weighted by Crippen LogP contribution is -2.23. The molecule has 0 saturated heterocycles. The number of thioether (sulfide) groups is 1. The van der Waals surface area contributed by atoms with Crippen LogP contribution in [0.15, 0.2) is 46.1 Å². The molecule has 8 heteroatoms. The Kier molecular flexibility index (Phi) is 5.68. The summed E-state index contributed by atoms with van der Waals surface area (Å²) >= 11 is 7.77. The highest BCUT2D eigenvalue weighted by Gasteiger charge is 2.16. The monoisotopic (exact) mass is 390 g/mol. The summed E-state index contributed by atoms with van der Waals surface area (Å²) in [5.74, 6) is 1.62. The number of nitrogens with zero attached hydrogens (tertiary/aromatic N) is 4. The third kappa shape index (κ3) is 3.78. The number of tetrazole rings is 1. The first-order valence-corrected chi connectivity index (χ1v) is 9.50. The van der Waals surface area contributed by atoms with E-state index in [1.807, 2.05) is 37.3 Å². The van der Waals surface area contributed by atoms with Gasteiger partial charge >= 0.3 is 5.69 Å². The maximum atomic E-state index is 12.3. The van der Waals surface area contributed by atoms with Crippen LogP contribution in [0, 0.1) is 6.92 Å². The molecule has 136 valence electrons. The Morgan fingerprint density at radius 3 is 2.73 bits per heavy atom. The van der Waals surface area contributed by atoms with Gasteiger partial charge < -0.3 is 4.74 Å². The van der Waals surface area contributed by atoms with Crippen molar-refractivity contribution < 1.29 is 4.74 Å². The highest BCUT2D eigenvalue weighted by Crippen LogP contribution is 2.29. The maximum Gasteiger partial charge on any atom is 0.368 e. The van der Waals surface area contributed by atoms with E-state index in [1.165, 1.54) is 9.36 Å². The van der Waals surface area contributed by atoms with Crippen LogP contribution in [-0.4, -0.2) is 25.5 Å². The van der Waals surface area contributed by atoms with Gasteiger partial charge in [-0.1, -0.05) is 30.7 Å². The first-order valence-electron chi connectivity index (χ1n) is 8.14. The van der Waals surface area contributed by atoms with Gasteiger partial charge in [0.2, 0.25) is 0 Å². The van der Waals surface area contributed by atoms with E-state index in [2.05, 4.69) is 17.4 Å². The molecule has 3 rings (SSSR count). The Hall–Kier alpha value is -2.25. The fourth-order valence-electron chi connectivity index (χ4n) is 2.53. The molecule has 2 aromatic carbocycles. The average Bonchev–Trinajstić information content (AvgIpc) is 2.95. The van der Waals surface area contributed by atoms with Crippen LogP contribution >= 0.6 is 23.4 Å². The topological polar surface area (TPSA) is 61.9 Å². The molecule has 0 bridgehead atoms. The third-order valence-electron chi connectivity index (χ3n) is 3.88. The van der Waals surface area contributed by atoms with Crippen LogP contribution in [0.1, 0.15) is 18.1 Å². The van der Waals surface area contributed by atoms with Crippen molar-refractivity contribution in [1.82, 2.24) is 19.8 Å². The van der Waals surface area contributed by atoms with E-state index < -0.39 is 0 Å². The molecule has 0 unspecified atom stereocenters. The van der Waals surface area contributed by atoms with Crippen LogP contribution < -0.4 is 10.4 Å². The molecule has 0 aliphatic rings. The molecule has 0 amide bonds. The van der Waals surface area contributed by atoms with Crippen molar-refractivity contribution >= 4 is 23.4 Å². The highest BCUT2D eigenvalue weighted by molar-refractivity contribution is 7.99. The number of ether oxygens (including phenoxy) is 1. The van der Waals surface area contributed by atoms with Gasteiger partial charge in [0.05, 0.1) is 5.69 Å². The average molecular weight is 391 g/mol. The van der Waals surface area contributed by atoms with E-state index in [1.54, 1.807) is 24.9 Å². The molecule has 6 nitrogen and oxygen atoms in total. The molecule has 0 N–H and O–H groups in total. The van der Waals surface area contributed by atoms with Crippen LogP contribution in [-0.2, 0) is 13.7 Å². The lowest BCUT2D eigenvalue weighted by atomic mass is 10.2. The molecule has 0 saturated carbocycles. The first-order chi connectivity index (χ1) is 12.5. The number of hydrogen-bond donors (Lipinski definition) is 0. The fourth-order valence-corrected chi connectivity index (χ4v) is 3.52. The van der Waals surface area contributed by atoms with Gasteiger partial charge in [0.1, 0.15) is 12.4 Å². The standard InChI is InChI=1S/C18H19ClN4O2S/c1-4-26-17-7-5-6-15(23-18(24)22(3)20-21-23)14(17)11-25-16-10-13(19)9-8-12(16)2/h5-10H,4,11H2,1-3H3. The molecular weight excluding hydrogens is 372 g/mol. The summed E-state index contributed by atoms with van der Waals surface area (Å²) in [6.45, 7) is 4.34. The molecular formula is C18H19ClN4O2S. The van der Waals surface area contributed by atoms with E-state index in [0.717, 1.165) is 21.8 Å². The molecule has 0 atom stereocenters. The van der Waals surface area contributed by atoms with Gasteiger partial charge in [-0.3, -0.25) is 0 Å². The molecule has 26 heavy (non-hydrogen) atoms. The number of benzene rings is 2. The Morgan fingerprint density at radius 1 is 1.23 bits per heavy atom. The number of rotatable bonds is 6. The summed E-state index contributed by atoms with van der Waals surface area (Å²) in [6.07, 6.45) is 0. The zero-order valence-electron chi connectivity index (χ0n) is 14.8. The van der Waals surface area contributed by atoms with Gasteiger partial charge in [-0.2, -0.15) is 9.36 Å². The SMILES string of the molecule is CCSc1cccc(-n2nnn(C)c2=O)c1COc1cc(Cl)ccc1C. The fraction of sp³-hybridized carbons (Fsp3) is 0.278. The Morgan fingerprint density at radius 2 is 2.04 bits per heavy atom. The van der Waals surface area contributed by atoms with Gasteiger partial charge in [0, 0.05) is 22.5 Å². The second kappa shape index (κ2) is 7.97. The first kappa shape index (κ1) is 18.5. The van der Waals surface area contributed by atoms with Crippen molar-refractivity contribution in [2.45, 2.75) is 25.3 Å². The largest absolute Gasteiger partial charge is 0.488 e. The second-order valence-electron chi connectivity index (χ2n) is 5.68. The molecule has 0 spiro atoms. The highest BCUT2D eigenvalue weighted by atomic mass is 35.5. The smallest absolute Gasteiger partial charge is 0.368 e. The molecule has 1 heterocycles. The summed E-state index contributed by atoms with van der Waals surface area (Å²) in [5.41, 5.74) is 2.25. The van der Waals surface area contributed by atoms with Crippen molar-refractivity contribution in [1.29, 1.82) is 0 Å². The number of aryl methyl sites for hydroxylation is 2. The van der Waals surface area contributed by atoms with Crippen LogP contribution in [0.5, 0.6) is 5.75 Å². The predicted octanol–water partition coefficient (Wildman–Crippen LogP) is 3.62. The molecule has 1 aromatic heterocycles. The quantitative estimate of drug-likeness (QED) is 0.601. The summed E-state index contributed by atoms with van der Waals surface area (Å²) in [5, 5.41) is 8.39. The Balaban J connectivity index is 2.02. The lowest BCUT2D eigenvalue weighted by Gasteiger charge is -2.15. The summed E-state index contributed by atoms with van der Waals surface area (Å²) in [6, 6.07) is 11.3. The number of halogens is 1. The number of aromatic nitrogens is 4. The minimum atomic E-state index is -0.302. The van der Waals surface area contributed by atoms with Gasteiger partial charge in [-0.05, 0) is 52.9 Å². The van der Waals surface area contributed by atoms with E-state index in [0.29, 0.717) is 23.1 Å². The molecule has 0 fully saturated rings. The second-order valence-corrected chi connectivity index (χ2v) is 7.42. The van der Waals surface area contributed by atoms with Crippen molar-refractivity contribution in [3.8, 4) is 11.4 Å². The Bertz CT molecular complexity index is 984. The van der Waals surface area contributed by atoms with Gasteiger partial charge in [-0.15, -0.1) is 11.8 Å². The van der Waals surface area contributed by atoms with Crippen LogP contribution in [0.3, 0.4) is 0 Å². The normalized spacial score (nSPS) is 10.9. The minimum absolute atomic E-state index is 0.294. The van der Waals surface area contributed by atoms with Gasteiger partial charge in [0.25, 0.3) is 0 Å². The molecule has 3 aromatic rings. The van der Waals surface area contributed by atoms with Crippen molar-refractivity contribution in [2.75, 3.05) is 5.75 Å². The zero-order valence-corrected chi connectivity index (χ0v) is 16.3. The molecule has 0 radical (unpaired) electrons. The minimum Gasteiger partial charge on any atom is -0.488 e. The summed E-state index contributed by atoms with van der Waals surface area (Å²) in [7, 11) is 1.57. The number of hydrogen-bond acceptors (Lipinski definition) is 5. The van der Waals surface area contributed by atoms with E-state index >= 15 is 0 Å². The maximum absolute atomic E-state index is 12.3. The van der Waals surface area contributed by atoms with Gasteiger partial charge in [-0.25, -0.2) is 4.79 Å². The third-order valence-corrected chi connectivity index (χ3v) is 5.10. The van der Waals surface area contributed by atoms with Crippen molar-refractivity contribution in [3.05, 3.63) is 63.0 Å². The van der Waals surface area contributed by atoms with E-state index in [-0.39, 0.29) is 5.69 Å². The van der Waals surface area contributed by atoms with Crippen LogP contribution in [0.2, 0.25) is 5.02 Å². The van der Waals surface area contributed by atoms with E-state index in [9.17, 15) is 4.79 Å². The summed E-state index contributed by atoms with van der Waals surface area (Å²) in [4.78, 5) is 13.3. The van der Waals surface area contributed by atoms with Crippen molar-refractivity contribution in [2.24, 2.45) is 7.05 Å². The molecule has 0 aliphatic carbocycles. The van der Waals surface area contributed by atoms with E-state index in [4.69, 9.17) is 16.3 Å². The van der Waals surface area contributed by atoms with Crippen LogP contribution in [0.25, 0.3) is 5.69 Å². The van der Waals surface area contributed by atoms with Crippen LogP contribution in [0.4, 0.5) is 0 Å². The van der Waals surface area contributed by atoms with Crippen molar-refractivity contribution in [3.63, 3.8) is 0 Å². The predicted molar refractivity (Wildman–Crippen MR) is 104 cm³/mol. The van der Waals surface area contributed by atoms with Gasteiger partial charge in [0.15, 0.2) is 0 Å². The summed E-state index contributed by atoms with van der Waals surface area (Å²) < 4.78 is 8.53. The molecule has 0 aliphatic heterocycles. The zero-order chi connectivity index (χ0) is 18.7.